The van der Waals surface area contributed by atoms with Gasteiger partial charge in [0.25, 0.3) is 0 Å². The van der Waals surface area contributed by atoms with Crippen molar-refractivity contribution in [3.05, 3.63) is 30.8 Å². The molecule has 2 nitrogen and oxygen atoms in total. The molecular formula is C11H12BrIO2. The molecule has 0 N–H and O–H groups in total. The van der Waals surface area contributed by atoms with Gasteiger partial charge in [0.2, 0.25) is 0 Å². The van der Waals surface area contributed by atoms with Gasteiger partial charge in [-0.15, -0.1) is 0 Å². The zero-order valence-electron chi connectivity index (χ0n) is 8.86. The van der Waals surface area contributed by atoms with Crippen molar-refractivity contribution in [3.8, 4) is 0 Å². The lowest BCUT2D eigenvalue weighted by atomic mass is 10.00. The Balaban J connectivity index is 3.49. The van der Waals surface area contributed by atoms with E-state index in [4.69, 9.17) is 4.74 Å². The van der Waals surface area contributed by atoms with Crippen molar-refractivity contribution >= 4 is 44.5 Å². The minimum absolute atomic E-state index is 0.258. The molecule has 0 spiro atoms. The van der Waals surface area contributed by atoms with Crippen LogP contribution in [0.4, 0.5) is 0 Å². The summed E-state index contributed by atoms with van der Waals surface area (Å²) >= 11 is 5.65. The van der Waals surface area contributed by atoms with Gasteiger partial charge in [-0.25, -0.2) is 4.79 Å². The first-order valence-corrected chi connectivity index (χ1v) is 6.45. The van der Waals surface area contributed by atoms with Crippen LogP contribution in [-0.4, -0.2) is 13.1 Å². The van der Waals surface area contributed by atoms with Gasteiger partial charge in [-0.3, -0.25) is 0 Å². The quantitative estimate of drug-likeness (QED) is 0.575. The number of rotatable bonds is 2. The Labute approximate surface area is 112 Å². The number of methoxy groups -OCH3 is 1. The van der Waals surface area contributed by atoms with Gasteiger partial charge in [-0.2, -0.15) is 0 Å². The molecule has 0 atom stereocenters. The Hall–Kier alpha value is -0.100. The molecule has 0 saturated heterocycles. The van der Waals surface area contributed by atoms with Crippen LogP contribution < -0.4 is 0 Å². The average molecular weight is 383 g/mol. The van der Waals surface area contributed by atoms with E-state index in [1.54, 1.807) is 0 Å². The van der Waals surface area contributed by atoms with E-state index in [1.807, 2.05) is 19.9 Å². The van der Waals surface area contributed by atoms with E-state index >= 15 is 0 Å². The van der Waals surface area contributed by atoms with Crippen molar-refractivity contribution in [2.75, 3.05) is 7.11 Å². The fourth-order valence-corrected chi connectivity index (χ4v) is 3.29. The highest BCUT2D eigenvalue weighted by Crippen LogP contribution is 2.28. The van der Waals surface area contributed by atoms with Gasteiger partial charge in [-0.05, 0) is 53.1 Å². The average Bonchev–Trinajstić information content (AvgIpc) is 2.21. The Morgan fingerprint density at radius 1 is 1.60 bits per heavy atom. The predicted molar refractivity (Wildman–Crippen MR) is 72.3 cm³/mol. The van der Waals surface area contributed by atoms with Gasteiger partial charge in [0.15, 0.2) is 0 Å². The van der Waals surface area contributed by atoms with Gasteiger partial charge in [-0.1, -0.05) is 22.9 Å². The number of ether oxygens (including phenoxy) is 1. The van der Waals surface area contributed by atoms with Crippen molar-refractivity contribution < 1.29 is 9.53 Å². The number of carbonyl (C=O) groups excluding carboxylic acids is 1. The third-order valence-electron chi connectivity index (χ3n) is 2.35. The maximum absolute atomic E-state index is 11.6. The summed E-state index contributed by atoms with van der Waals surface area (Å²) in [5, 5.41) is 0. The van der Waals surface area contributed by atoms with E-state index in [2.05, 4.69) is 38.5 Å². The number of hydrogen-bond donors (Lipinski definition) is 0. The second-order valence-electron chi connectivity index (χ2n) is 3.16. The molecule has 0 saturated carbocycles. The molecule has 0 aromatic heterocycles. The number of benzene rings is 1. The van der Waals surface area contributed by atoms with Crippen molar-refractivity contribution in [2.45, 2.75) is 20.3 Å². The van der Waals surface area contributed by atoms with E-state index in [0.29, 0.717) is 5.56 Å². The van der Waals surface area contributed by atoms with E-state index < -0.39 is 0 Å². The highest BCUT2D eigenvalue weighted by Gasteiger charge is 2.18. The molecule has 82 valence electrons. The number of halogens is 2. The molecule has 0 unspecified atom stereocenters. The lowest BCUT2D eigenvalue weighted by Crippen LogP contribution is -2.10. The molecular weight excluding hydrogens is 371 g/mol. The standard InChI is InChI=1S/C11H12BrIO2/c1-4-7-6(2)8(12)5-9(13)10(7)11(14)15-3/h5H,4H2,1-3H3. The summed E-state index contributed by atoms with van der Waals surface area (Å²) in [6.45, 7) is 4.04. The van der Waals surface area contributed by atoms with Gasteiger partial charge >= 0.3 is 5.97 Å². The van der Waals surface area contributed by atoms with Crippen molar-refractivity contribution in [3.63, 3.8) is 0 Å². The highest BCUT2D eigenvalue weighted by molar-refractivity contribution is 14.1. The normalized spacial score (nSPS) is 10.2. The summed E-state index contributed by atoms with van der Waals surface area (Å²) in [7, 11) is 1.41. The molecule has 0 aliphatic rings. The SMILES string of the molecule is CCc1c(C)c(Br)cc(I)c1C(=O)OC. The molecule has 4 heteroatoms. The molecule has 15 heavy (non-hydrogen) atoms. The first-order chi connectivity index (χ1) is 7.02. The Morgan fingerprint density at radius 3 is 2.67 bits per heavy atom. The van der Waals surface area contributed by atoms with Crippen LogP contribution in [0.1, 0.15) is 28.4 Å². The second-order valence-corrected chi connectivity index (χ2v) is 5.18. The molecule has 0 amide bonds. The smallest absolute Gasteiger partial charge is 0.339 e. The molecule has 0 radical (unpaired) electrons. The summed E-state index contributed by atoms with van der Waals surface area (Å²) < 4.78 is 6.76. The van der Waals surface area contributed by atoms with Crippen LogP contribution in [0.5, 0.6) is 0 Å². The minimum Gasteiger partial charge on any atom is -0.465 e. The molecule has 1 aromatic rings. The third-order valence-corrected chi connectivity index (χ3v) is 4.02. The highest BCUT2D eigenvalue weighted by atomic mass is 127. The largest absolute Gasteiger partial charge is 0.465 e. The van der Waals surface area contributed by atoms with Crippen LogP contribution in [0.2, 0.25) is 0 Å². The third kappa shape index (κ3) is 2.53. The number of esters is 1. The van der Waals surface area contributed by atoms with E-state index in [-0.39, 0.29) is 5.97 Å². The van der Waals surface area contributed by atoms with Crippen molar-refractivity contribution in [1.82, 2.24) is 0 Å². The maximum atomic E-state index is 11.6. The molecule has 0 aliphatic carbocycles. The van der Waals surface area contributed by atoms with E-state index in [0.717, 1.165) is 25.6 Å². The topological polar surface area (TPSA) is 26.3 Å². The molecule has 1 rings (SSSR count). The molecule has 1 aromatic carbocycles. The van der Waals surface area contributed by atoms with E-state index in [9.17, 15) is 4.79 Å². The number of hydrogen-bond acceptors (Lipinski definition) is 2. The lowest BCUT2D eigenvalue weighted by Gasteiger charge is -2.13. The Bertz CT molecular complexity index is 402. The van der Waals surface area contributed by atoms with Gasteiger partial charge in [0.05, 0.1) is 12.7 Å². The predicted octanol–water partition coefficient (Wildman–Crippen LogP) is 3.71. The summed E-state index contributed by atoms with van der Waals surface area (Å²) in [4.78, 5) is 11.6. The summed E-state index contributed by atoms with van der Waals surface area (Å²) in [6.07, 6.45) is 0.825. The van der Waals surface area contributed by atoms with Crippen LogP contribution >= 0.6 is 38.5 Å². The summed E-state index contributed by atoms with van der Waals surface area (Å²) in [6, 6.07) is 1.95. The Morgan fingerprint density at radius 2 is 2.20 bits per heavy atom. The van der Waals surface area contributed by atoms with Crippen LogP contribution in [0.15, 0.2) is 10.5 Å². The second kappa shape index (κ2) is 5.30. The van der Waals surface area contributed by atoms with Crippen LogP contribution in [-0.2, 0) is 11.2 Å². The zero-order valence-corrected chi connectivity index (χ0v) is 12.6. The van der Waals surface area contributed by atoms with Gasteiger partial charge in [0, 0.05) is 8.04 Å². The first-order valence-electron chi connectivity index (χ1n) is 4.58. The zero-order chi connectivity index (χ0) is 11.6. The molecule has 0 fully saturated rings. The van der Waals surface area contributed by atoms with Crippen LogP contribution in [0, 0.1) is 10.5 Å². The lowest BCUT2D eigenvalue weighted by molar-refractivity contribution is 0.0598. The van der Waals surface area contributed by atoms with Gasteiger partial charge in [0.1, 0.15) is 0 Å². The Kier molecular flexibility index (Phi) is 4.58. The van der Waals surface area contributed by atoms with Crippen molar-refractivity contribution in [2.24, 2.45) is 0 Å². The fraction of sp³-hybridized carbons (Fsp3) is 0.364. The molecule has 0 heterocycles. The van der Waals surface area contributed by atoms with Crippen LogP contribution in [0.25, 0.3) is 0 Å². The number of carbonyl (C=O) groups is 1. The monoisotopic (exact) mass is 382 g/mol. The molecule has 0 aliphatic heterocycles. The van der Waals surface area contributed by atoms with E-state index in [1.165, 1.54) is 7.11 Å². The summed E-state index contributed by atoms with van der Waals surface area (Å²) in [5.74, 6) is -0.258. The van der Waals surface area contributed by atoms with Crippen molar-refractivity contribution in [1.29, 1.82) is 0 Å². The fourth-order valence-electron chi connectivity index (χ4n) is 1.53. The molecule has 0 bridgehead atoms. The minimum atomic E-state index is -0.258. The summed E-state index contributed by atoms with van der Waals surface area (Å²) in [5.41, 5.74) is 2.86. The van der Waals surface area contributed by atoms with Gasteiger partial charge < -0.3 is 4.74 Å². The van der Waals surface area contributed by atoms with Crippen LogP contribution in [0.3, 0.4) is 0 Å². The first kappa shape index (κ1) is 13.0. The maximum Gasteiger partial charge on any atom is 0.339 e.